The first kappa shape index (κ1) is 11.7. The molecule has 0 aliphatic rings. The first-order chi connectivity index (χ1) is 7.06. The summed E-state index contributed by atoms with van der Waals surface area (Å²) in [5.41, 5.74) is 1.06. The lowest BCUT2D eigenvalue weighted by molar-refractivity contribution is -0.137. The number of benzene rings is 1. The predicted octanol–water partition coefficient (Wildman–Crippen LogP) is 2.39. The van der Waals surface area contributed by atoms with Gasteiger partial charge in [0.2, 0.25) is 0 Å². The summed E-state index contributed by atoms with van der Waals surface area (Å²) in [6, 6.07) is 4.93. The van der Waals surface area contributed by atoms with Crippen LogP contribution in [0.2, 0.25) is 5.02 Å². The molecule has 3 nitrogen and oxygen atoms in total. The standard InChI is InChI=1S/C11H11ClO3/c1-3-15-11(14)10(13)8-6-7(2)4-5-9(8)12/h4-6H,3H2,1-2H3. The predicted molar refractivity (Wildman–Crippen MR) is 57.2 cm³/mol. The topological polar surface area (TPSA) is 43.4 Å². The fourth-order valence-corrected chi connectivity index (χ4v) is 1.32. The van der Waals surface area contributed by atoms with E-state index in [1.165, 1.54) is 0 Å². The van der Waals surface area contributed by atoms with Crippen LogP contribution in [0.5, 0.6) is 0 Å². The fourth-order valence-electron chi connectivity index (χ4n) is 1.12. The van der Waals surface area contributed by atoms with Gasteiger partial charge in [0.05, 0.1) is 11.6 Å². The Morgan fingerprint density at radius 1 is 1.40 bits per heavy atom. The van der Waals surface area contributed by atoms with Gasteiger partial charge in [-0.05, 0) is 26.0 Å². The number of hydrogen-bond donors (Lipinski definition) is 0. The van der Waals surface area contributed by atoms with Gasteiger partial charge in [-0.1, -0.05) is 23.2 Å². The lowest BCUT2D eigenvalue weighted by Gasteiger charge is -2.03. The largest absolute Gasteiger partial charge is 0.460 e. The first-order valence-electron chi connectivity index (χ1n) is 4.54. The van der Waals surface area contributed by atoms with E-state index in [0.29, 0.717) is 0 Å². The fraction of sp³-hybridized carbons (Fsp3) is 0.273. The maximum absolute atomic E-state index is 11.5. The SMILES string of the molecule is CCOC(=O)C(=O)c1cc(C)ccc1Cl. The zero-order valence-corrected chi connectivity index (χ0v) is 9.30. The van der Waals surface area contributed by atoms with Crippen LogP contribution >= 0.6 is 11.6 Å². The smallest absolute Gasteiger partial charge is 0.379 e. The molecule has 0 aliphatic heterocycles. The number of esters is 1. The van der Waals surface area contributed by atoms with Gasteiger partial charge in [0.25, 0.3) is 5.78 Å². The summed E-state index contributed by atoms with van der Waals surface area (Å²) in [5.74, 6) is -1.57. The molecule has 0 spiro atoms. The van der Waals surface area contributed by atoms with E-state index in [4.69, 9.17) is 11.6 Å². The molecule has 0 heterocycles. The van der Waals surface area contributed by atoms with Crippen molar-refractivity contribution in [3.05, 3.63) is 34.3 Å². The molecule has 1 aromatic rings. The van der Waals surface area contributed by atoms with E-state index in [2.05, 4.69) is 4.74 Å². The van der Waals surface area contributed by atoms with E-state index in [0.717, 1.165) is 5.56 Å². The molecule has 0 amide bonds. The van der Waals surface area contributed by atoms with E-state index >= 15 is 0 Å². The average molecular weight is 227 g/mol. The van der Waals surface area contributed by atoms with Gasteiger partial charge in [0.15, 0.2) is 0 Å². The lowest BCUT2D eigenvalue weighted by Crippen LogP contribution is -2.18. The molecule has 15 heavy (non-hydrogen) atoms. The average Bonchev–Trinajstić information content (AvgIpc) is 2.21. The van der Waals surface area contributed by atoms with Gasteiger partial charge in [-0.3, -0.25) is 4.79 Å². The number of rotatable bonds is 3. The van der Waals surface area contributed by atoms with Gasteiger partial charge in [-0.15, -0.1) is 0 Å². The Balaban J connectivity index is 3.00. The third-order valence-corrected chi connectivity index (χ3v) is 2.16. The summed E-state index contributed by atoms with van der Waals surface area (Å²) in [5, 5.41) is 0.263. The minimum atomic E-state index is -0.870. The molecule has 0 N–H and O–H groups in total. The molecule has 0 aliphatic carbocycles. The Morgan fingerprint density at radius 2 is 2.07 bits per heavy atom. The molecule has 1 aromatic carbocycles. The summed E-state index contributed by atoms with van der Waals surface area (Å²) in [6.45, 7) is 3.63. The molecule has 0 saturated carbocycles. The molecule has 0 atom stereocenters. The normalized spacial score (nSPS) is 9.80. The molecule has 4 heteroatoms. The van der Waals surface area contributed by atoms with E-state index in [9.17, 15) is 9.59 Å². The van der Waals surface area contributed by atoms with Gasteiger partial charge < -0.3 is 4.74 Å². The van der Waals surface area contributed by atoms with Crippen molar-refractivity contribution in [2.45, 2.75) is 13.8 Å². The second-order valence-electron chi connectivity index (χ2n) is 3.03. The van der Waals surface area contributed by atoms with Crippen molar-refractivity contribution in [3.8, 4) is 0 Å². The summed E-state index contributed by atoms with van der Waals surface area (Å²) >= 11 is 5.81. The number of carbonyl (C=O) groups is 2. The maximum atomic E-state index is 11.5. The Morgan fingerprint density at radius 3 is 2.67 bits per heavy atom. The molecule has 0 aromatic heterocycles. The number of hydrogen-bond acceptors (Lipinski definition) is 3. The Bertz CT molecular complexity index is 399. The van der Waals surface area contributed by atoms with E-state index in [1.54, 1.807) is 25.1 Å². The van der Waals surface area contributed by atoms with Crippen LogP contribution in [-0.2, 0) is 9.53 Å². The Kier molecular flexibility index (Phi) is 3.86. The van der Waals surface area contributed by atoms with Gasteiger partial charge >= 0.3 is 5.97 Å². The molecule has 0 saturated heterocycles. The maximum Gasteiger partial charge on any atom is 0.379 e. The van der Waals surface area contributed by atoms with Crippen LogP contribution in [0.15, 0.2) is 18.2 Å². The zero-order valence-electron chi connectivity index (χ0n) is 8.54. The molecule has 0 bridgehead atoms. The molecular formula is C11H11ClO3. The summed E-state index contributed by atoms with van der Waals surface area (Å²) in [6.07, 6.45) is 0. The van der Waals surface area contributed by atoms with E-state index < -0.39 is 11.8 Å². The minimum absolute atomic E-state index is 0.175. The Labute approximate surface area is 93.0 Å². The van der Waals surface area contributed by atoms with Crippen LogP contribution < -0.4 is 0 Å². The van der Waals surface area contributed by atoms with Crippen molar-refractivity contribution < 1.29 is 14.3 Å². The Hall–Kier alpha value is -1.35. The first-order valence-corrected chi connectivity index (χ1v) is 4.91. The number of ketones is 1. The van der Waals surface area contributed by atoms with Gasteiger partial charge in [-0.25, -0.2) is 4.79 Å². The van der Waals surface area contributed by atoms with Crippen molar-refractivity contribution >= 4 is 23.4 Å². The van der Waals surface area contributed by atoms with E-state index in [1.807, 2.05) is 6.92 Å². The second-order valence-corrected chi connectivity index (χ2v) is 3.44. The molecule has 1 rings (SSSR count). The van der Waals surface area contributed by atoms with Gasteiger partial charge in [0, 0.05) is 5.56 Å². The molecule has 80 valence electrons. The molecule has 0 fully saturated rings. The molecule has 0 unspecified atom stereocenters. The van der Waals surface area contributed by atoms with Crippen LogP contribution in [-0.4, -0.2) is 18.4 Å². The van der Waals surface area contributed by atoms with Crippen LogP contribution in [0.3, 0.4) is 0 Å². The van der Waals surface area contributed by atoms with Crippen LogP contribution in [0.4, 0.5) is 0 Å². The highest BCUT2D eigenvalue weighted by Crippen LogP contribution is 2.18. The monoisotopic (exact) mass is 226 g/mol. The number of carbonyl (C=O) groups excluding carboxylic acids is 2. The summed E-state index contributed by atoms with van der Waals surface area (Å²) in [4.78, 5) is 22.7. The van der Waals surface area contributed by atoms with Crippen molar-refractivity contribution in [1.29, 1.82) is 0 Å². The molecular weight excluding hydrogens is 216 g/mol. The van der Waals surface area contributed by atoms with Crippen LogP contribution in [0, 0.1) is 6.92 Å². The number of Topliss-reactive ketones (excluding diaryl/α,β-unsaturated/α-hetero) is 1. The van der Waals surface area contributed by atoms with Gasteiger partial charge in [-0.2, -0.15) is 0 Å². The van der Waals surface area contributed by atoms with Crippen molar-refractivity contribution in [2.24, 2.45) is 0 Å². The second kappa shape index (κ2) is 4.94. The lowest BCUT2D eigenvalue weighted by atomic mass is 10.1. The van der Waals surface area contributed by atoms with Crippen molar-refractivity contribution in [1.82, 2.24) is 0 Å². The quantitative estimate of drug-likeness (QED) is 0.452. The highest BCUT2D eigenvalue weighted by atomic mass is 35.5. The van der Waals surface area contributed by atoms with Crippen molar-refractivity contribution in [3.63, 3.8) is 0 Å². The summed E-state index contributed by atoms with van der Waals surface area (Å²) < 4.78 is 4.61. The minimum Gasteiger partial charge on any atom is -0.460 e. The molecule has 0 radical (unpaired) electrons. The van der Waals surface area contributed by atoms with Gasteiger partial charge in [0.1, 0.15) is 0 Å². The third-order valence-electron chi connectivity index (χ3n) is 1.83. The van der Waals surface area contributed by atoms with E-state index in [-0.39, 0.29) is 17.2 Å². The summed E-state index contributed by atoms with van der Waals surface area (Å²) in [7, 11) is 0. The number of ether oxygens (including phenoxy) is 1. The third kappa shape index (κ3) is 2.80. The highest BCUT2D eigenvalue weighted by molar-refractivity contribution is 6.45. The number of aryl methyl sites for hydroxylation is 1. The highest BCUT2D eigenvalue weighted by Gasteiger charge is 2.20. The zero-order chi connectivity index (χ0) is 11.4. The number of halogens is 1. The van der Waals surface area contributed by atoms with Crippen LogP contribution in [0.25, 0.3) is 0 Å². The van der Waals surface area contributed by atoms with Crippen LogP contribution in [0.1, 0.15) is 22.8 Å². The van der Waals surface area contributed by atoms with Crippen molar-refractivity contribution in [2.75, 3.05) is 6.61 Å².